The summed E-state index contributed by atoms with van der Waals surface area (Å²) in [5, 5.41) is 6.90. The minimum atomic E-state index is -0.316. The van der Waals surface area contributed by atoms with Gasteiger partial charge in [0.15, 0.2) is 0 Å². The zero-order valence-corrected chi connectivity index (χ0v) is 15.7. The summed E-state index contributed by atoms with van der Waals surface area (Å²) in [6.45, 7) is 1.61. The number of hydrogen-bond donors (Lipinski definition) is 1. The highest BCUT2D eigenvalue weighted by atomic mass is 16.2. The lowest BCUT2D eigenvalue weighted by Gasteiger charge is -2.33. The normalized spacial score (nSPS) is 17.4. The van der Waals surface area contributed by atoms with Crippen LogP contribution in [0, 0.1) is 0 Å². The molecule has 146 valence electrons. The maximum Gasteiger partial charge on any atom is 0.322 e. The Hall–Kier alpha value is -3.36. The van der Waals surface area contributed by atoms with Crippen LogP contribution in [0.25, 0.3) is 0 Å². The monoisotopic (exact) mass is 382 g/mol. The van der Waals surface area contributed by atoms with Gasteiger partial charge in [-0.1, -0.05) is 0 Å². The first-order chi connectivity index (χ1) is 13.5. The lowest BCUT2D eigenvalue weighted by molar-refractivity contribution is -0.120. The van der Waals surface area contributed by atoms with Gasteiger partial charge in [-0.15, -0.1) is 0 Å². The van der Waals surface area contributed by atoms with Gasteiger partial charge in [0.25, 0.3) is 0 Å². The number of hydrogen-bond acceptors (Lipinski definition) is 4. The highest BCUT2D eigenvalue weighted by Gasteiger charge is 2.29. The fourth-order valence-corrected chi connectivity index (χ4v) is 3.52. The predicted molar refractivity (Wildman–Crippen MR) is 104 cm³/mol. The lowest BCUT2D eigenvalue weighted by atomic mass is 10.2. The standard InChI is InChI=1S/C19H22N6O3/c1-22-12-16(11-20-22)25-10-9-23(13-18(25)27)19(28)21-14-4-6-15(7-5-14)24-8-2-3-17(24)26/h4-7,11-12H,2-3,8-10,13H2,1H3,(H,21,28). The van der Waals surface area contributed by atoms with Crippen molar-refractivity contribution in [1.29, 1.82) is 0 Å². The highest BCUT2D eigenvalue weighted by molar-refractivity contribution is 6.00. The molecule has 0 atom stereocenters. The van der Waals surface area contributed by atoms with Crippen LogP contribution in [0.15, 0.2) is 36.7 Å². The first-order valence-electron chi connectivity index (χ1n) is 9.26. The van der Waals surface area contributed by atoms with Gasteiger partial charge < -0.3 is 20.0 Å². The molecule has 2 aliphatic rings. The Balaban J connectivity index is 1.35. The van der Waals surface area contributed by atoms with E-state index in [1.54, 1.807) is 46.1 Å². The molecule has 2 aliphatic heterocycles. The summed E-state index contributed by atoms with van der Waals surface area (Å²) in [4.78, 5) is 41.6. The van der Waals surface area contributed by atoms with Gasteiger partial charge >= 0.3 is 6.03 Å². The molecule has 9 heteroatoms. The Morgan fingerprint density at radius 2 is 1.75 bits per heavy atom. The molecule has 1 aromatic heterocycles. The Bertz CT molecular complexity index is 907. The smallest absolute Gasteiger partial charge is 0.313 e. The molecule has 0 saturated carbocycles. The molecular formula is C19H22N6O3. The molecule has 2 saturated heterocycles. The minimum absolute atomic E-state index is 0.0150. The van der Waals surface area contributed by atoms with E-state index >= 15 is 0 Å². The molecule has 2 fully saturated rings. The third-order valence-corrected chi connectivity index (χ3v) is 5.01. The van der Waals surface area contributed by atoms with Crippen molar-refractivity contribution in [2.45, 2.75) is 12.8 Å². The van der Waals surface area contributed by atoms with Crippen molar-refractivity contribution in [2.24, 2.45) is 7.05 Å². The average Bonchev–Trinajstić information content (AvgIpc) is 3.30. The van der Waals surface area contributed by atoms with E-state index in [4.69, 9.17) is 0 Å². The van der Waals surface area contributed by atoms with Crippen molar-refractivity contribution in [3.05, 3.63) is 36.7 Å². The highest BCUT2D eigenvalue weighted by Crippen LogP contribution is 2.23. The Morgan fingerprint density at radius 1 is 1.00 bits per heavy atom. The summed E-state index contributed by atoms with van der Waals surface area (Å²) in [5.41, 5.74) is 2.20. The Morgan fingerprint density at radius 3 is 2.36 bits per heavy atom. The van der Waals surface area contributed by atoms with Crippen molar-refractivity contribution < 1.29 is 14.4 Å². The molecule has 9 nitrogen and oxygen atoms in total. The summed E-state index contributed by atoms with van der Waals surface area (Å²) in [7, 11) is 1.79. The molecular weight excluding hydrogens is 360 g/mol. The first-order valence-corrected chi connectivity index (χ1v) is 9.26. The second-order valence-electron chi connectivity index (χ2n) is 6.97. The SMILES string of the molecule is Cn1cc(N2CCN(C(=O)Nc3ccc(N4CCCC4=O)cc3)CC2=O)cn1. The van der Waals surface area contributed by atoms with E-state index in [0.717, 1.165) is 24.3 Å². The second kappa shape index (κ2) is 7.34. The first kappa shape index (κ1) is 18.0. The molecule has 0 spiro atoms. The van der Waals surface area contributed by atoms with Crippen LogP contribution >= 0.6 is 0 Å². The zero-order valence-electron chi connectivity index (χ0n) is 15.7. The van der Waals surface area contributed by atoms with Crippen molar-refractivity contribution in [2.75, 3.05) is 41.3 Å². The van der Waals surface area contributed by atoms with E-state index in [9.17, 15) is 14.4 Å². The summed E-state index contributed by atoms with van der Waals surface area (Å²) in [6.07, 6.45) is 4.87. The molecule has 0 bridgehead atoms. The molecule has 2 aromatic rings. The summed E-state index contributed by atoms with van der Waals surface area (Å²) in [6, 6.07) is 6.87. The molecule has 1 aromatic carbocycles. The topological polar surface area (TPSA) is 90.8 Å². The fraction of sp³-hybridized carbons (Fsp3) is 0.368. The van der Waals surface area contributed by atoms with Crippen molar-refractivity contribution in [1.82, 2.24) is 14.7 Å². The van der Waals surface area contributed by atoms with E-state index in [1.165, 1.54) is 4.90 Å². The van der Waals surface area contributed by atoms with Gasteiger partial charge in [0, 0.05) is 50.7 Å². The maximum atomic E-state index is 12.5. The molecule has 28 heavy (non-hydrogen) atoms. The molecule has 1 N–H and O–H groups in total. The number of rotatable bonds is 3. The Kier molecular flexibility index (Phi) is 4.72. The predicted octanol–water partition coefficient (Wildman–Crippen LogP) is 1.43. The van der Waals surface area contributed by atoms with E-state index in [1.807, 2.05) is 12.1 Å². The summed E-state index contributed by atoms with van der Waals surface area (Å²) < 4.78 is 1.64. The number of nitrogens with one attached hydrogen (secondary N) is 1. The minimum Gasteiger partial charge on any atom is -0.313 e. The van der Waals surface area contributed by atoms with E-state index in [-0.39, 0.29) is 24.4 Å². The average molecular weight is 382 g/mol. The van der Waals surface area contributed by atoms with Gasteiger partial charge in [-0.25, -0.2) is 4.79 Å². The van der Waals surface area contributed by atoms with Crippen LogP contribution in [0.1, 0.15) is 12.8 Å². The third kappa shape index (κ3) is 3.55. The van der Waals surface area contributed by atoms with Gasteiger partial charge in [-0.3, -0.25) is 14.3 Å². The van der Waals surface area contributed by atoms with E-state index in [2.05, 4.69) is 10.4 Å². The van der Waals surface area contributed by atoms with Crippen LogP contribution in [0.2, 0.25) is 0 Å². The number of benzene rings is 1. The van der Waals surface area contributed by atoms with Crippen molar-refractivity contribution in [3.8, 4) is 0 Å². The van der Waals surface area contributed by atoms with Crippen molar-refractivity contribution >= 4 is 34.9 Å². The van der Waals surface area contributed by atoms with Crippen LogP contribution in [0.5, 0.6) is 0 Å². The van der Waals surface area contributed by atoms with Crippen LogP contribution in [0.4, 0.5) is 21.9 Å². The van der Waals surface area contributed by atoms with Crippen LogP contribution in [0.3, 0.4) is 0 Å². The number of carbonyl (C=O) groups excluding carboxylic acids is 3. The molecule has 0 unspecified atom stereocenters. The van der Waals surface area contributed by atoms with Gasteiger partial charge in [0.2, 0.25) is 11.8 Å². The quantitative estimate of drug-likeness (QED) is 0.869. The van der Waals surface area contributed by atoms with Crippen LogP contribution in [-0.4, -0.2) is 58.7 Å². The molecule has 3 heterocycles. The van der Waals surface area contributed by atoms with E-state index in [0.29, 0.717) is 25.2 Å². The molecule has 4 amide bonds. The molecule has 4 rings (SSSR count). The molecule has 0 aliphatic carbocycles. The Labute approximate surface area is 162 Å². The summed E-state index contributed by atoms with van der Waals surface area (Å²) >= 11 is 0. The van der Waals surface area contributed by atoms with Crippen molar-refractivity contribution in [3.63, 3.8) is 0 Å². The maximum absolute atomic E-state index is 12.5. The number of amides is 4. The van der Waals surface area contributed by atoms with Gasteiger partial charge in [-0.2, -0.15) is 5.10 Å². The molecule has 0 radical (unpaired) electrons. The summed E-state index contributed by atoms with van der Waals surface area (Å²) in [5.74, 6) is -0.0147. The zero-order chi connectivity index (χ0) is 19.7. The second-order valence-corrected chi connectivity index (χ2v) is 6.97. The van der Waals surface area contributed by atoms with Crippen LogP contribution in [-0.2, 0) is 16.6 Å². The third-order valence-electron chi connectivity index (χ3n) is 5.01. The van der Waals surface area contributed by atoms with E-state index < -0.39 is 0 Å². The number of aryl methyl sites for hydroxylation is 1. The number of carbonyl (C=O) groups is 3. The number of aromatic nitrogens is 2. The van der Waals surface area contributed by atoms with Gasteiger partial charge in [0.1, 0.15) is 6.54 Å². The van der Waals surface area contributed by atoms with Gasteiger partial charge in [-0.05, 0) is 30.7 Å². The number of anilines is 3. The number of nitrogens with zero attached hydrogens (tertiary/aromatic N) is 5. The lowest BCUT2D eigenvalue weighted by Crippen LogP contribution is -2.53. The van der Waals surface area contributed by atoms with Gasteiger partial charge in [0.05, 0.1) is 11.9 Å². The van der Waals surface area contributed by atoms with Crippen LogP contribution < -0.4 is 15.1 Å². The fourth-order valence-electron chi connectivity index (χ4n) is 3.52. The number of urea groups is 1. The largest absolute Gasteiger partial charge is 0.322 e. The number of piperazine rings is 1.